The number of ether oxygens (including phenoxy) is 1. The van der Waals surface area contributed by atoms with Crippen molar-refractivity contribution in [1.82, 2.24) is 14.9 Å². The predicted octanol–water partition coefficient (Wildman–Crippen LogP) is 2.16. The molecule has 0 bridgehead atoms. The Morgan fingerprint density at radius 3 is 2.73 bits per heavy atom. The van der Waals surface area contributed by atoms with Crippen LogP contribution in [0, 0.1) is 0 Å². The van der Waals surface area contributed by atoms with Gasteiger partial charge in [0.1, 0.15) is 5.75 Å². The van der Waals surface area contributed by atoms with Gasteiger partial charge < -0.3 is 15.0 Å². The Balaban J connectivity index is 1.57. The molecule has 138 valence electrons. The molecule has 0 radical (unpaired) electrons. The van der Waals surface area contributed by atoms with Crippen molar-refractivity contribution in [3.05, 3.63) is 42.2 Å². The second-order valence-corrected chi connectivity index (χ2v) is 6.30. The van der Waals surface area contributed by atoms with Crippen LogP contribution >= 0.6 is 0 Å². The molecule has 2 heterocycles. The second kappa shape index (κ2) is 8.62. The van der Waals surface area contributed by atoms with E-state index in [0.29, 0.717) is 25.6 Å². The van der Waals surface area contributed by atoms with Crippen LogP contribution in [0.4, 0.5) is 11.6 Å². The van der Waals surface area contributed by atoms with Crippen LogP contribution < -0.4 is 15.0 Å². The van der Waals surface area contributed by atoms with Crippen LogP contribution in [0.25, 0.3) is 0 Å². The Morgan fingerprint density at radius 1 is 1.23 bits per heavy atom. The first-order valence-corrected chi connectivity index (χ1v) is 8.91. The van der Waals surface area contributed by atoms with Gasteiger partial charge in [-0.25, -0.2) is 9.97 Å². The van der Waals surface area contributed by atoms with Gasteiger partial charge in [0, 0.05) is 55.9 Å². The lowest BCUT2D eigenvalue weighted by atomic mass is 10.2. The molecular weight excluding hydrogens is 330 g/mol. The quantitative estimate of drug-likeness (QED) is 0.821. The molecule has 1 aliphatic rings. The number of nitrogens with zero attached hydrogens (tertiary/aromatic N) is 4. The van der Waals surface area contributed by atoms with Crippen LogP contribution in [-0.4, -0.2) is 54.1 Å². The highest BCUT2D eigenvalue weighted by Crippen LogP contribution is 2.23. The fourth-order valence-electron chi connectivity index (χ4n) is 2.93. The number of anilines is 2. The molecule has 0 spiro atoms. The first-order chi connectivity index (χ1) is 12.7. The molecule has 1 saturated heterocycles. The van der Waals surface area contributed by atoms with E-state index in [2.05, 4.69) is 27.1 Å². The first kappa shape index (κ1) is 18.1. The fraction of sp³-hybridized carbons (Fsp3) is 0.421. The lowest BCUT2D eigenvalue weighted by Gasteiger charge is -2.34. The summed E-state index contributed by atoms with van der Waals surface area (Å²) in [4.78, 5) is 25.2. The van der Waals surface area contributed by atoms with Gasteiger partial charge in [-0.3, -0.25) is 9.69 Å². The van der Waals surface area contributed by atoms with Gasteiger partial charge >= 0.3 is 0 Å². The number of hydrogen-bond donors (Lipinski definition) is 1. The molecule has 0 atom stereocenters. The number of aromatic nitrogens is 2. The molecule has 7 nitrogen and oxygen atoms in total. The zero-order valence-corrected chi connectivity index (χ0v) is 15.3. The third kappa shape index (κ3) is 4.49. The summed E-state index contributed by atoms with van der Waals surface area (Å²) < 4.78 is 5.25. The Labute approximate surface area is 154 Å². The number of amides is 1. The number of nitrogens with one attached hydrogen (secondary N) is 1. The Morgan fingerprint density at radius 2 is 2.04 bits per heavy atom. The molecule has 1 N–H and O–H groups in total. The van der Waals surface area contributed by atoms with E-state index in [-0.39, 0.29) is 5.91 Å². The molecule has 1 aromatic heterocycles. The third-order valence-corrected chi connectivity index (χ3v) is 4.31. The van der Waals surface area contributed by atoms with Crippen molar-refractivity contribution < 1.29 is 9.53 Å². The summed E-state index contributed by atoms with van der Waals surface area (Å²) in [6, 6.07) is 7.61. The topological polar surface area (TPSA) is 70.6 Å². The Kier molecular flexibility index (Phi) is 6.01. The van der Waals surface area contributed by atoms with Crippen LogP contribution in [0.15, 0.2) is 36.7 Å². The van der Waals surface area contributed by atoms with Crippen molar-refractivity contribution in [2.75, 3.05) is 43.5 Å². The van der Waals surface area contributed by atoms with Gasteiger partial charge in [-0.15, -0.1) is 0 Å². The summed E-state index contributed by atoms with van der Waals surface area (Å²) in [5.41, 5.74) is 1.89. The molecule has 0 aliphatic carbocycles. The van der Waals surface area contributed by atoms with E-state index in [1.54, 1.807) is 7.11 Å². The molecular formula is C19H25N5O2. The maximum atomic E-state index is 12.6. The van der Waals surface area contributed by atoms with Crippen LogP contribution in [-0.2, 0) is 11.3 Å². The molecule has 0 saturated carbocycles. The van der Waals surface area contributed by atoms with Gasteiger partial charge in [0.15, 0.2) is 0 Å². The largest absolute Gasteiger partial charge is 0.497 e. The predicted molar refractivity (Wildman–Crippen MR) is 101 cm³/mol. The van der Waals surface area contributed by atoms with Gasteiger partial charge in [0.2, 0.25) is 11.9 Å². The lowest BCUT2D eigenvalue weighted by molar-refractivity contribution is -0.121. The Hall–Kier alpha value is -2.67. The third-order valence-electron chi connectivity index (χ3n) is 4.31. The number of hydrogen-bond acceptors (Lipinski definition) is 6. The molecule has 1 amide bonds. The van der Waals surface area contributed by atoms with Gasteiger partial charge in [0.05, 0.1) is 13.7 Å². The number of rotatable bonds is 7. The summed E-state index contributed by atoms with van der Waals surface area (Å²) in [7, 11) is 1.63. The normalized spacial score (nSPS) is 15.2. The van der Waals surface area contributed by atoms with Crippen LogP contribution in [0.5, 0.6) is 5.75 Å². The summed E-state index contributed by atoms with van der Waals surface area (Å²) in [5, 5.41) is 3.16. The van der Waals surface area contributed by atoms with Gasteiger partial charge in [-0.1, -0.05) is 13.0 Å². The maximum Gasteiger partial charge on any atom is 0.241 e. The van der Waals surface area contributed by atoms with Gasteiger partial charge in [-0.05, 0) is 18.6 Å². The molecule has 3 rings (SSSR count). The highest BCUT2D eigenvalue weighted by Gasteiger charge is 2.25. The number of piperazine rings is 1. The zero-order chi connectivity index (χ0) is 18.4. The van der Waals surface area contributed by atoms with E-state index in [4.69, 9.17) is 4.74 Å². The minimum absolute atomic E-state index is 0.0895. The zero-order valence-electron chi connectivity index (χ0n) is 15.3. The van der Waals surface area contributed by atoms with E-state index in [1.807, 2.05) is 41.6 Å². The fourth-order valence-corrected chi connectivity index (χ4v) is 2.93. The van der Waals surface area contributed by atoms with Crippen molar-refractivity contribution in [2.24, 2.45) is 0 Å². The average Bonchev–Trinajstić information content (AvgIpc) is 2.67. The lowest BCUT2D eigenvalue weighted by Crippen LogP contribution is -2.50. The molecule has 0 unspecified atom stereocenters. The summed E-state index contributed by atoms with van der Waals surface area (Å²) >= 11 is 0. The van der Waals surface area contributed by atoms with Crippen molar-refractivity contribution in [3.63, 3.8) is 0 Å². The molecule has 7 heteroatoms. The monoisotopic (exact) mass is 355 g/mol. The smallest absolute Gasteiger partial charge is 0.241 e. The summed E-state index contributed by atoms with van der Waals surface area (Å²) in [5.74, 6) is 1.49. The van der Waals surface area contributed by atoms with Crippen molar-refractivity contribution in [3.8, 4) is 5.75 Å². The number of benzene rings is 1. The Bertz CT molecular complexity index is 735. The summed E-state index contributed by atoms with van der Waals surface area (Å²) in [6.07, 6.45) is 4.68. The van der Waals surface area contributed by atoms with Gasteiger partial charge in [0.25, 0.3) is 0 Å². The van der Waals surface area contributed by atoms with Crippen LogP contribution in [0.1, 0.15) is 18.9 Å². The highest BCUT2D eigenvalue weighted by atomic mass is 16.5. The minimum Gasteiger partial charge on any atom is -0.497 e. The van der Waals surface area contributed by atoms with Crippen molar-refractivity contribution >= 4 is 17.5 Å². The van der Waals surface area contributed by atoms with E-state index in [0.717, 1.165) is 36.5 Å². The SMILES string of the molecule is CCCNc1ncc(CN2CCN(c3cccc(OC)c3)C(=O)C2)cn1. The highest BCUT2D eigenvalue weighted by molar-refractivity contribution is 5.95. The molecule has 26 heavy (non-hydrogen) atoms. The van der Waals surface area contributed by atoms with E-state index in [1.165, 1.54) is 0 Å². The van der Waals surface area contributed by atoms with Crippen LogP contribution in [0.2, 0.25) is 0 Å². The van der Waals surface area contributed by atoms with E-state index < -0.39 is 0 Å². The number of carbonyl (C=O) groups is 1. The molecule has 1 aliphatic heterocycles. The standard InChI is InChI=1S/C19H25N5O2/c1-3-7-20-19-21-11-15(12-22-19)13-23-8-9-24(18(25)14-23)16-5-4-6-17(10-16)26-2/h4-6,10-12H,3,7-9,13-14H2,1-2H3,(H,20,21,22). The van der Waals surface area contributed by atoms with E-state index >= 15 is 0 Å². The minimum atomic E-state index is 0.0895. The molecule has 1 fully saturated rings. The number of methoxy groups -OCH3 is 1. The molecule has 1 aromatic carbocycles. The molecule has 2 aromatic rings. The second-order valence-electron chi connectivity index (χ2n) is 6.30. The van der Waals surface area contributed by atoms with Crippen molar-refractivity contribution in [2.45, 2.75) is 19.9 Å². The van der Waals surface area contributed by atoms with Crippen LogP contribution in [0.3, 0.4) is 0 Å². The van der Waals surface area contributed by atoms with Gasteiger partial charge in [-0.2, -0.15) is 0 Å². The number of carbonyl (C=O) groups excluding carboxylic acids is 1. The summed E-state index contributed by atoms with van der Waals surface area (Å²) in [6.45, 7) is 5.48. The van der Waals surface area contributed by atoms with Crippen molar-refractivity contribution in [1.29, 1.82) is 0 Å². The van der Waals surface area contributed by atoms with E-state index in [9.17, 15) is 4.79 Å². The first-order valence-electron chi connectivity index (χ1n) is 8.91. The maximum absolute atomic E-state index is 12.6. The average molecular weight is 355 g/mol.